The maximum atomic E-state index is 13.1. The third-order valence-corrected chi connectivity index (χ3v) is 7.32. The third kappa shape index (κ3) is 6.17. The maximum Gasteiger partial charge on any atom is 0.248 e. The highest BCUT2D eigenvalue weighted by Gasteiger charge is 2.40. The number of anilines is 1. The molecule has 30 heavy (non-hydrogen) atoms. The highest BCUT2D eigenvalue weighted by atomic mass is 32.2. The lowest BCUT2D eigenvalue weighted by Crippen LogP contribution is -2.52. The van der Waals surface area contributed by atoms with Gasteiger partial charge in [-0.25, -0.2) is 18.3 Å². The van der Waals surface area contributed by atoms with Gasteiger partial charge in [-0.2, -0.15) is 4.31 Å². The number of nitrogens with zero attached hydrogens (tertiary/aromatic N) is 2. The first-order chi connectivity index (χ1) is 14.1. The lowest BCUT2D eigenvalue weighted by Gasteiger charge is -2.37. The van der Waals surface area contributed by atoms with Crippen LogP contribution in [0.5, 0.6) is 0 Å². The Hall–Kier alpha value is -2.15. The summed E-state index contributed by atoms with van der Waals surface area (Å²) in [7, 11) is -3.74. The van der Waals surface area contributed by atoms with E-state index in [1.165, 1.54) is 16.4 Å². The summed E-state index contributed by atoms with van der Waals surface area (Å²) in [5.74, 6) is 3.50. The Kier molecular flexibility index (Phi) is 8.24. The number of hydroxylamine groups is 1. The van der Waals surface area contributed by atoms with Crippen molar-refractivity contribution in [3.63, 3.8) is 0 Å². The maximum absolute atomic E-state index is 13.1. The van der Waals surface area contributed by atoms with Gasteiger partial charge in [-0.15, -0.1) is 11.8 Å². The summed E-state index contributed by atoms with van der Waals surface area (Å²) in [5, 5.41) is 9.15. The van der Waals surface area contributed by atoms with Crippen LogP contribution in [0.25, 0.3) is 0 Å². The van der Waals surface area contributed by atoms with Crippen LogP contribution in [0.4, 0.5) is 10.1 Å². The highest BCUT2D eigenvalue weighted by Crippen LogP contribution is 2.33. The van der Waals surface area contributed by atoms with Crippen molar-refractivity contribution in [2.45, 2.75) is 33.6 Å². The van der Waals surface area contributed by atoms with E-state index in [0.717, 1.165) is 5.69 Å². The molecule has 1 unspecified atom stereocenters. The molecule has 0 aliphatic carbocycles. The van der Waals surface area contributed by atoms with E-state index in [0.29, 0.717) is 25.9 Å². The van der Waals surface area contributed by atoms with Crippen molar-refractivity contribution in [2.75, 3.05) is 36.8 Å². The van der Waals surface area contributed by atoms with Crippen molar-refractivity contribution < 1.29 is 22.8 Å². The van der Waals surface area contributed by atoms with E-state index in [1.54, 1.807) is 31.5 Å². The molecule has 0 bridgehead atoms. The molecule has 0 saturated carbocycles. The fourth-order valence-corrected chi connectivity index (χ4v) is 5.42. The minimum atomic E-state index is -3.74. The van der Waals surface area contributed by atoms with Gasteiger partial charge in [-0.1, -0.05) is 20.8 Å². The molecule has 1 amide bonds. The average Bonchev–Trinajstić information content (AvgIpc) is 2.72. The molecule has 1 heterocycles. The first kappa shape index (κ1) is 24.1. The molecule has 0 aromatic heterocycles. The largest absolute Gasteiger partial charge is 0.369 e. The normalized spacial score (nSPS) is 16.5. The third-order valence-electron chi connectivity index (χ3n) is 5.42. The fourth-order valence-electron chi connectivity index (χ4n) is 3.46. The summed E-state index contributed by atoms with van der Waals surface area (Å²) in [4.78, 5) is 14.3. The summed E-state index contributed by atoms with van der Waals surface area (Å²) in [6.07, 6.45) is 1.01. The van der Waals surface area contributed by atoms with Gasteiger partial charge in [0.05, 0.1) is 11.7 Å². The predicted molar refractivity (Wildman–Crippen MR) is 114 cm³/mol. The standard InChI is InChI=1S/C21H30FN3O4S/c1-4-5-6-11-21(2,3)19(20(26)23-27)16-30(28,29)25-14-12-24(13-15-25)18-9-7-17(22)8-10-18/h7-10,19,27H,4,11-16H2,1-3H3,(H,23,26). The number of sulfonamides is 1. The number of hydrogen-bond acceptors (Lipinski definition) is 5. The number of carbonyl (C=O) groups is 1. The van der Waals surface area contributed by atoms with Crippen LogP contribution in [0, 0.1) is 29.0 Å². The summed E-state index contributed by atoms with van der Waals surface area (Å²) < 4.78 is 40.6. The molecule has 1 atom stereocenters. The number of benzene rings is 1. The first-order valence-corrected chi connectivity index (χ1v) is 11.6. The zero-order valence-corrected chi connectivity index (χ0v) is 18.5. The topological polar surface area (TPSA) is 90.0 Å². The second kappa shape index (κ2) is 10.2. The number of halogens is 1. The van der Waals surface area contributed by atoms with Crippen molar-refractivity contribution in [2.24, 2.45) is 11.3 Å². The molecule has 1 saturated heterocycles. The van der Waals surface area contributed by atoms with E-state index in [9.17, 15) is 17.6 Å². The van der Waals surface area contributed by atoms with Crippen molar-refractivity contribution in [1.82, 2.24) is 9.79 Å². The Morgan fingerprint density at radius 2 is 1.80 bits per heavy atom. The van der Waals surface area contributed by atoms with E-state index < -0.39 is 33.0 Å². The summed E-state index contributed by atoms with van der Waals surface area (Å²) in [6, 6.07) is 6.09. The number of amides is 1. The van der Waals surface area contributed by atoms with Crippen LogP contribution in [-0.4, -0.2) is 55.8 Å². The Labute approximate surface area is 178 Å². The second-order valence-electron chi connectivity index (χ2n) is 8.04. The van der Waals surface area contributed by atoms with Crippen LogP contribution in [0.3, 0.4) is 0 Å². The number of hydrogen-bond donors (Lipinski definition) is 2. The van der Waals surface area contributed by atoms with Crippen molar-refractivity contribution >= 4 is 21.6 Å². The summed E-state index contributed by atoms with van der Waals surface area (Å²) in [5.41, 5.74) is 1.71. The quantitative estimate of drug-likeness (QED) is 0.386. The van der Waals surface area contributed by atoms with Gasteiger partial charge in [0.2, 0.25) is 15.9 Å². The van der Waals surface area contributed by atoms with Gasteiger partial charge in [0.1, 0.15) is 5.82 Å². The summed E-state index contributed by atoms with van der Waals surface area (Å²) >= 11 is 0. The Balaban J connectivity index is 2.09. The lowest BCUT2D eigenvalue weighted by molar-refractivity contribution is -0.136. The van der Waals surface area contributed by atoms with E-state index in [1.807, 2.05) is 11.8 Å². The van der Waals surface area contributed by atoms with Gasteiger partial charge < -0.3 is 4.90 Å². The lowest BCUT2D eigenvalue weighted by atomic mass is 9.77. The van der Waals surface area contributed by atoms with Crippen molar-refractivity contribution in [3.8, 4) is 11.8 Å². The molecule has 1 aliphatic heterocycles. The first-order valence-electron chi connectivity index (χ1n) is 9.98. The molecule has 1 aromatic carbocycles. The average molecular weight is 440 g/mol. The number of rotatable bonds is 7. The molecule has 1 fully saturated rings. The van der Waals surface area contributed by atoms with Crippen LogP contribution in [0.15, 0.2) is 24.3 Å². The van der Waals surface area contributed by atoms with Gasteiger partial charge in [0, 0.05) is 44.7 Å². The van der Waals surface area contributed by atoms with Crippen LogP contribution in [0.1, 0.15) is 33.6 Å². The molecular weight excluding hydrogens is 409 g/mol. The molecule has 166 valence electrons. The Morgan fingerprint density at radius 3 is 2.33 bits per heavy atom. The van der Waals surface area contributed by atoms with Gasteiger partial charge in [0.15, 0.2) is 0 Å². The minimum Gasteiger partial charge on any atom is -0.369 e. The van der Waals surface area contributed by atoms with Gasteiger partial charge in [-0.3, -0.25) is 10.0 Å². The van der Waals surface area contributed by atoms with Gasteiger partial charge in [-0.05, 0) is 29.7 Å². The SMILES string of the molecule is CCC#CCC(C)(C)C(CS(=O)(=O)N1CCN(c2ccc(F)cc2)CC1)C(=O)NO. The van der Waals surface area contributed by atoms with Crippen LogP contribution < -0.4 is 10.4 Å². The predicted octanol–water partition coefficient (Wildman–Crippen LogP) is 2.23. The van der Waals surface area contributed by atoms with E-state index in [2.05, 4.69) is 11.8 Å². The molecule has 0 radical (unpaired) electrons. The van der Waals surface area contributed by atoms with Crippen LogP contribution in [-0.2, 0) is 14.8 Å². The molecule has 0 spiro atoms. The molecule has 2 rings (SSSR count). The summed E-state index contributed by atoms with van der Waals surface area (Å²) in [6.45, 7) is 6.93. The van der Waals surface area contributed by atoms with E-state index >= 15 is 0 Å². The Bertz CT molecular complexity index is 883. The van der Waals surface area contributed by atoms with E-state index in [-0.39, 0.29) is 18.9 Å². The zero-order valence-electron chi connectivity index (χ0n) is 17.7. The number of piperazine rings is 1. The molecule has 7 nitrogen and oxygen atoms in total. The monoisotopic (exact) mass is 439 g/mol. The number of carbonyl (C=O) groups excluding carboxylic acids is 1. The fraction of sp³-hybridized carbons (Fsp3) is 0.571. The highest BCUT2D eigenvalue weighted by molar-refractivity contribution is 7.89. The minimum absolute atomic E-state index is 0.267. The van der Waals surface area contributed by atoms with E-state index in [4.69, 9.17) is 5.21 Å². The second-order valence-corrected chi connectivity index (χ2v) is 10.1. The van der Waals surface area contributed by atoms with Crippen molar-refractivity contribution in [3.05, 3.63) is 30.1 Å². The smallest absolute Gasteiger partial charge is 0.248 e. The van der Waals surface area contributed by atoms with Gasteiger partial charge >= 0.3 is 0 Å². The Morgan fingerprint density at radius 1 is 1.20 bits per heavy atom. The molecule has 1 aliphatic rings. The van der Waals surface area contributed by atoms with Gasteiger partial charge in [0.25, 0.3) is 0 Å². The molecular formula is C21H30FN3O4S. The molecule has 2 N–H and O–H groups in total. The zero-order chi connectivity index (χ0) is 22.4. The molecule has 9 heteroatoms. The number of nitrogens with one attached hydrogen (secondary N) is 1. The van der Waals surface area contributed by atoms with Crippen molar-refractivity contribution in [1.29, 1.82) is 0 Å². The van der Waals surface area contributed by atoms with Crippen LogP contribution >= 0.6 is 0 Å². The van der Waals surface area contributed by atoms with Crippen LogP contribution in [0.2, 0.25) is 0 Å². The molecule has 1 aromatic rings.